The highest BCUT2D eigenvalue weighted by Gasteiger charge is 2.25. The zero-order valence-corrected chi connectivity index (χ0v) is 10.8. The summed E-state index contributed by atoms with van der Waals surface area (Å²) >= 11 is 6.17. The highest BCUT2D eigenvalue weighted by Crippen LogP contribution is 2.36. The molecule has 0 aliphatic carbocycles. The monoisotopic (exact) mass is 239 g/mol. The topological polar surface area (TPSA) is 21.3 Å². The molecule has 1 fully saturated rings. The SMILES string of the molecule is COc1cc(C)c(Cl)cc1[C@@H]1C[C@H](C)CN1. The van der Waals surface area contributed by atoms with Gasteiger partial charge in [0.2, 0.25) is 0 Å². The Labute approximate surface area is 102 Å². The van der Waals surface area contributed by atoms with Crippen molar-refractivity contribution in [2.75, 3.05) is 13.7 Å². The molecule has 1 N–H and O–H groups in total. The average Bonchev–Trinajstić information content (AvgIpc) is 2.68. The van der Waals surface area contributed by atoms with Crippen molar-refractivity contribution in [3.8, 4) is 5.75 Å². The summed E-state index contributed by atoms with van der Waals surface area (Å²) in [6.07, 6.45) is 1.15. The van der Waals surface area contributed by atoms with E-state index in [0.29, 0.717) is 6.04 Å². The molecule has 1 aliphatic heterocycles. The number of methoxy groups -OCH3 is 1. The average molecular weight is 240 g/mol. The Bertz CT molecular complexity index is 392. The Balaban J connectivity index is 2.35. The Morgan fingerprint density at radius 2 is 2.19 bits per heavy atom. The third kappa shape index (κ3) is 2.18. The number of nitrogens with one attached hydrogen (secondary N) is 1. The maximum atomic E-state index is 6.17. The summed E-state index contributed by atoms with van der Waals surface area (Å²) in [4.78, 5) is 0. The first-order valence-electron chi connectivity index (χ1n) is 5.69. The predicted octanol–water partition coefficient (Wildman–Crippen LogP) is 3.33. The van der Waals surface area contributed by atoms with Gasteiger partial charge in [0.1, 0.15) is 5.75 Å². The molecule has 0 aromatic heterocycles. The van der Waals surface area contributed by atoms with Gasteiger partial charge in [0, 0.05) is 16.6 Å². The van der Waals surface area contributed by atoms with E-state index in [9.17, 15) is 0 Å². The first kappa shape index (κ1) is 11.7. The maximum Gasteiger partial charge on any atom is 0.124 e. The molecule has 2 atom stereocenters. The normalized spacial score (nSPS) is 24.8. The molecule has 16 heavy (non-hydrogen) atoms. The summed E-state index contributed by atoms with van der Waals surface area (Å²) in [6.45, 7) is 5.33. The van der Waals surface area contributed by atoms with Crippen molar-refractivity contribution in [3.05, 3.63) is 28.3 Å². The second-order valence-corrected chi connectivity index (χ2v) is 5.05. The maximum absolute atomic E-state index is 6.17. The summed E-state index contributed by atoms with van der Waals surface area (Å²) in [5.74, 6) is 1.66. The second-order valence-electron chi connectivity index (χ2n) is 4.65. The molecule has 1 aliphatic rings. The van der Waals surface area contributed by atoms with Crippen molar-refractivity contribution in [1.82, 2.24) is 5.32 Å². The molecule has 0 saturated carbocycles. The van der Waals surface area contributed by atoms with Crippen LogP contribution < -0.4 is 10.1 Å². The van der Waals surface area contributed by atoms with Crippen LogP contribution in [-0.2, 0) is 0 Å². The van der Waals surface area contributed by atoms with E-state index in [2.05, 4.69) is 12.2 Å². The van der Waals surface area contributed by atoms with Crippen LogP contribution >= 0.6 is 11.6 Å². The molecule has 1 aromatic carbocycles. The second kappa shape index (κ2) is 4.64. The fourth-order valence-corrected chi connectivity index (χ4v) is 2.44. The summed E-state index contributed by atoms with van der Waals surface area (Å²) in [6, 6.07) is 4.43. The third-order valence-corrected chi connectivity index (χ3v) is 3.64. The fraction of sp³-hybridized carbons (Fsp3) is 0.538. The molecule has 1 saturated heterocycles. The molecule has 2 nitrogen and oxygen atoms in total. The number of aryl methyl sites for hydroxylation is 1. The van der Waals surface area contributed by atoms with Crippen LogP contribution in [0.1, 0.15) is 30.5 Å². The molecule has 1 heterocycles. The van der Waals surface area contributed by atoms with Crippen LogP contribution in [0.25, 0.3) is 0 Å². The van der Waals surface area contributed by atoms with Crippen LogP contribution in [0.3, 0.4) is 0 Å². The zero-order valence-electron chi connectivity index (χ0n) is 10.0. The highest BCUT2D eigenvalue weighted by molar-refractivity contribution is 6.31. The first-order chi connectivity index (χ1) is 7.61. The van der Waals surface area contributed by atoms with E-state index < -0.39 is 0 Å². The summed E-state index contributed by atoms with van der Waals surface area (Å²) in [5.41, 5.74) is 2.25. The lowest BCUT2D eigenvalue weighted by Gasteiger charge is -2.16. The minimum absolute atomic E-state index is 0.378. The van der Waals surface area contributed by atoms with E-state index in [0.717, 1.165) is 35.2 Å². The fourth-order valence-electron chi connectivity index (χ4n) is 2.27. The van der Waals surface area contributed by atoms with E-state index in [1.54, 1.807) is 7.11 Å². The van der Waals surface area contributed by atoms with Gasteiger partial charge >= 0.3 is 0 Å². The van der Waals surface area contributed by atoms with Gasteiger partial charge in [-0.25, -0.2) is 0 Å². The van der Waals surface area contributed by atoms with E-state index in [-0.39, 0.29) is 0 Å². The third-order valence-electron chi connectivity index (χ3n) is 3.24. The van der Waals surface area contributed by atoms with Crippen molar-refractivity contribution in [2.45, 2.75) is 26.3 Å². The standard InChI is InChI=1S/C13H18ClNO/c1-8-4-12(15-7-8)10-6-11(14)9(2)5-13(10)16-3/h5-6,8,12,15H,4,7H2,1-3H3/t8-,12-/m0/s1. The van der Waals surface area contributed by atoms with Crippen LogP contribution in [0.5, 0.6) is 5.75 Å². The number of halogens is 1. The minimum atomic E-state index is 0.378. The molecule has 3 heteroatoms. The molecule has 0 amide bonds. The molecule has 0 radical (unpaired) electrons. The lowest BCUT2D eigenvalue weighted by atomic mass is 9.99. The molecular formula is C13H18ClNO. The van der Waals surface area contributed by atoms with Crippen molar-refractivity contribution in [2.24, 2.45) is 5.92 Å². The van der Waals surface area contributed by atoms with E-state index in [1.807, 2.05) is 19.1 Å². The van der Waals surface area contributed by atoms with Gasteiger partial charge in [-0.15, -0.1) is 0 Å². The molecule has 0 spiro atoms. The van der Waals surface area contributed by atoms with Gasteiger partial charge in [-0.1, -0.05) is 18.5 Å². The smallest absolute Gasteiger partial charge is 0.124 e. The van der Waals surface area contributed by atoms with Crippen molar-refractivity contribution in [1.29, 1.82) is 0 Å². The number of rotatable bonds is 2. The number of hydrogen-bond acceptors (Lipinski definition) is 2. The minimum Gasteiger partial charge on any atom is -0.496 e. The summed E-state index contributed by atoms with van der Waals surface area (Å²) < 4.78 is 5.43. The van der Waals surface area contributed by atoms with Gasteiger partial charge in [0.25, 0.3) is 0 Å². The van der Waals surface area contributed by atoms with Crippen molar-refractivity contribution in [3.63, 3.8) is 0 Å². The quantitative estimate of drug-likeness (QED) is 0.855. The summed E-state index contributed by atoms with van der Waals surface area (Å²) in [7, 11) is 1.71. The van der Waals surface area contributed by atoms with Crippen molar-refractivity contribution >= 4 is 11.6 Å². The number of hydrogen-bond donors (Lipinski definition) is 1. The van der Waals surface area contributed by atoms with Crippen LogP contribution in [0.4, 0.5) is 0 Å². The Hall–Kier alpha value is -0.730. The van der Waals surface area contributed by atoms with Gasteiger partial charge in [-0.2, -0.15) is 0 Å². The Morgan fingerprint density at radius 3 is 2.75 bits per heavy atom. The predicted molar refractivity (Wildman–Crippen MR) is 67.3 cm³/mol. The van der Waals surface area contributed by atoms with Gasteiger partial charge < -0.3 is 10.1 Å². The Kier molecular flexibility index (Phi) is 3.41. The molecular weight excluding hydrogens is 222 g/mol. The van der Waals surface area contributed by atoms with E-state index in [4.69, 9.17) is 16.3 Å². The van der Waals surface area contributed by atoms with Gasteiger partial charge in [-0.05, 0) is 43.5 Å². The first-order valence-corrected chi connectivity index (χ1v) is 6.07. The largest absolute Gasteiger partial charge is 0.496 e. The van der Waals surface area contributed by atoms with Crippen LogP contribution in [0, 0.1) is 12.8 Å². The van der Waals surface area contributed by atoms with Crippen LogP contribution in [-0.4, -0.2) is 13.7 Å². The van der Waals surface area contributed by atoms with Crippen LogP contribution in [0.2, 0.25) is 5.02 Å². The molecule has 2 rings (SSSR count). The number of benzene rings is 1. The lowest BCUT2D eigenvalue weighted by molar-refractivity contribution is 0.402. The van der Waals surface area contributed by atoms with Gasteiger partial charge in [0.15, 0.2) is 0 Å². The van der Waals surface area contributed by atoms with Gasteiger partial charge in [-0.3, -0.25) is 0 Å². The van der Waals surface area contributed by atoms with Gasteiger partial charge in [0.05, 0.1) is 7.11 Å². The number of ether oxygens (including phenoxy) is 1. The molecule has 88 valence electrons. The van der Waals surface area contributed by atoms with E-state index >= 15 is 0 Å². The molecule has 0 bridgehead atoms. The van der Waals surface area contributed by atoms with E-state index in [1.165, 1.54) is 5.56 Å². The molecule has 1 aromatic rings. The van der Waals surface area contributed by atoms with Crippen LogP contribution in [0.15, 0.2) is 12.1 Å². The summed E-state index contributed by atoms with van der Waals surface area (Å²) in [5, 5.41) is 4.32. The highest BCUT2D eigenvalue weighted by atomic mass is 35.5. The van der Waals surface area contributed by atoms with Crippen molar-refractivity contribution < 1.29 is 4.74 Å². The molecule has 0 unspecified atom stereocenters. The lowest BCUT2D eigenvalue weighted by Crippen LogP contribution is -2.14. The zero-order chi connectivity index (χ0) is 11.7. The Morgan fingerprint density at radius 1 is 1.44 bits per heavy atom.